The van der Waals surface area contributed by atoms with Gasteiger partial charge in [0.25, 0.3) is 0 Å². The van der Waals surface area contributed by atoms with Crippen LogP contribution < -0.4 is 14.8 Å². The fraction of sp³-hybridized carbons (Fsp3) is 0.167. The van der Waals surface area contributed by atoms with Crippen molar-refractivity contribution >= 4 is 28.8 Å². The van der Waals surface area contributed by atoms with E-state index < -0.39 is 5.97 Å². The van der Waals surface area contributed by atoms with Gasteiger partial charge in [0.1, 0.15) is 11.6 Å². The van der Waals surface area contributed by atoms with Crippen LogP contribution in [0.5, 0.6) is 10.8 Å². The number of benzene rings is 2. The molecule has 2 heterocycles. The molecule has 7 nitrogen and oxygen atoms in total. The fourth-order valence-electron chi connectivity index (χ4n) is 3.58. The summed E-state index contributed by atoms with van der Waals surface area (Å²) in [7, 11) is 3.14. The average Bonchev–Trinajstić information content (AvgIpc) is 3.38. The summed E-state index contributed by atoms with van der Waals surface area (Å²) < 4.78 is 12.4. The summed E-state index contributed by atoms with van der Waals surface area (Å²) in [5.41, 5.74) is 5.11. The lowest BCUT2D eigenvalue weighted by Gasteiger charge is -2.15. The number of thiophene rings is 1. The zero-order chi connectivity index (χ0) is 22.8. The van der Waals surface area contributed by atoms with E-state index in [1.54, 1.807) is 19.2 Å². The first-order valence-corrected chi connectivity index (χ1v) is 10.8. The van der Waals surface area contributed by atoms with Gasteiger partial charge in [-0.1, -0.05) is 18.2 Å². The zero-order valence-electron chi connectivity index (χ0n) is 18.2. The summed E-state index contributed by atoms with van der Waals surface area (Å²) in [5, 5.41) is 20.7. The predicted octanol–water partition coefficient (Wildman–Crippen LogP) is 5.68. The van der Waals surface area contributed by atoms with Crippen LogP contribution in [0.25, 0.3) is 16.8 Å². The highest BCUT2D eigenvalue weighted by Crippen LogP contribution is 2.40. The van der Waals surface area contributed by atoms with Gasteiger partial charge < -0.3 is 19.9 Å². The molecular formula is C24H23N3O4S. The number of aromatic carboxylic acids is 1. The van der Waals surface area contributed by atoms with E-state index in [4.69, 9.17) is 14.6 Å². The molecule has 4 rings (SSSR count). The number of anilines is 2. The summed E-state index contributed by atoms with van der Waals surface area (Å²) in [5.74, 6) is 0.0908. The molecular weight excluding hydrogens is 426 g/mol. The molecule has 0 aliphatic carbocycles. The number of carbonyl (C=O) groups is 1. The molecule has 0 spiro atoms. The molecule has 164 valence electrons. The van der Waals surface area contributed by atoms with Crippen molar-refractivity contribution in [1.82, 2.24) is 9.78 Å². The second kappa shape index (κ2) is 8.76. The van der Waals surface area contributed by atoms with Crippen molar-refractivity contribution in [2.75, 3.05) is 19.5 Å². The number of carboxylic acid groups (broad SMARTS) is 1. The third-order valence-electron chi connectivity index (χ3n) is 5.18. The molecule has 0 fully saturated rings. The first-order chi connectivity index (χ1) is 15.4. The molecule has 2 aromatic carbocycles. The molecule has 32 heavy (non-hydrogen) atoms. The largest absolute Gasteiger partial charge is 0.497 e. The molecule has 0 saturated heterocycles. The minimum atomic E-state index is -1.05. The number of hydrogen-bond donors (Lipinski definition) is 2. The van der Waals surface area contributed by atoms with Gasteiger partial charge in [-0.25, -0.2) is 9.48 Å². The van der Waals surface area contributed by atoms with Gasteiger partial charge in [0.2, 0.25) is 0 Å². The predicted molar refractivity (Wildman–Crippen MR) is 126 cm³/mol. The standard InChI is InChI=1S/C24H23N3O4S/c1-14-7-5-6-8-20(14)27-23(22(15(2)26-27)16-11-21(31-4)32-13-16)25-19-10-9-17(30-3)12-18(19)24(28)29/h5-13,25H,1-4H3,(H,28,29). The van der Waals surface area contributed by atoms with Crippen LogP contribution in [0, 0.1) is 13.8 Å². The van der Waals surface area contributed by atoms with Crippen molar-refractivity contribution in [2.24, 2.45) is 0 Å². The maximum atomic E-state index is 12.0. The Hall–Kier alpha value is -3.78. The Bertz CT molecular complexity index is 1290. The van der Waals surface area contributed by atoms with Gasteiger partial charge in [-0.05, 0) is 49.7 Å². The molecule has 2 N–H and O–H groups in total. The maximum Gasteiger partial charge on any atom is 0.337 e. The summed E-state index contributed by atoms with van der Waals surface area (Å²) in [4.78, 5) is 12.0. The molecule has 0 saturated carbocycles. The number of carboxylic acids is 1. The van der Waals surface area contributed by atoms with E-state index in [1.165, 1.54) is 24.5 Å². The van der Waals surface area contributed by atoms with Crippen LogP contribution in [0.15, 0.2) is 53.9 Å². The number of nitrogens with zero attached hydrogens (tertiary/aromatic N) is 2. The van der Waals surface area contributed by atoms with Gasteiger partial charge in [-0.2, -0.15) is 5.10 Å². The molecule has 8 heteroatoms. The van der Waals surface area contributed by atoms with Gasteiger partial charge in [-0.15, -0.1) is 11.3 Å². The molecule has 0 aliphatic rings. The molecule has 0 amide bonds. The second-order valence-electron chi connectivity index (χ2n) is 7.21. The van der Waals surface area contributed by atoms with Crippen LogP contribution in [-0.4, -0.2) is 35.1 Å². The van der Waals surface area contributed by atoms with Crippen molar-refractivity contribution in [1.29, 1.82) is 0 Å². The summed E-state index contributed by atoms with van der Waals surface area (Å²) in [6.45, 7) is 3.95. The molecule has 0 unspecified atom stereocenters. The minimum absolute atomic E-state index is 0.105. The van der Waals surface area contributed by atoms with Gasteiger partial charge in [0.15, 0.2) is 5.06 Å². The summed E-state index contributed by atoms with van der Waals surface area (Å²) in [6, 6.07) is 14.8. The zero-order valence-corrected chi connectivity index (χ0v) is 19.0. The van der Waals surface area contributed by atoms with Gasteiger partial charge in [0, 0.05) is 16.5 Å². The number of aromatic nitrogens is 2. The highest BCUT2D eigenvalue weighted by Gasteiger charge is 2.22. The van der Waals surface area contributed by atoms with Crippen LogP contribution in [0.2, 0.25) is 0 Å². The van der Waals surface area contributed by atoms with Gasteiger partial charge in [-0.3, -0.25) is 0 Å². The number of rotatable bonds is 7. The monoisotopic (exact) mass is 449 g/mol. The number of nitrogens with one attached hydrogen (secondary N) is 1. The van der Waals surface area contributed by atoms with Gasteiger partial charge in [0.05, 0.1) is 36.9 Å². The van der Waals surface area contributed by atoms with E-state index in [0.29, 0.717) is 17.3 Å². The third kappa shape index (κ3) is 3.92. The van der Waals surface area contributed by atoms with Crippen LogP contribution in [0.1, 0.15) is 21.6 Å². The lowest BCUT2D eigenvalue weighted by molar-refractivity contribution is 0.0697. The third-order valence-corrected chi connectivity index (χ3v) is 6.07. The number of ether oxygens (including phenoxy) is 2. The molecule has 2 aromatic heterocycles. The SMILES string of the molecule is COc1ccc(Nc2c(-c3csc(OC)c3)c(C)nn2-c2ccccc2C)c(C(=O)O)c1. The molecule has 0 radical (unpaired) electrons. The number of methoxy groups -OCH3 is 2. The molecule has 0 aliphatic heterocycles. The number of aryl methyl sites for hydroxylation is 2. The van der Waals surface area contributed by atoms with E-state index in [0.717, 1.165) is 33.1 Å². The van der Waals surface area contributed by atoms with Gasteiger partial charge >= 0.3 is 5.97 Å². The smallest absolute Gasteiger partial charge is 0.337 e. The van der Waals surface area contributed by atoms with E-state index >= 15 is 0 Å². The van der Waals surface area contributed by atoms with Crippen molar-refractivity contribution in [3.63, 3.8) is 0 Å². The maximum absolute atomic E-state index is 12.0. The Morgan fingerprint density at radius 3 is 2.53 bits per heavy atom. The second-order valence-corrected chi connectivity index (χ2v) is 8.08. The van der Waals surface area contributed by atoms with Crippen molar-refractivity contribution in [2.45, 2.75) is 13.8 Å². The number of para-hydroxylation sites is 1. The Balaban J connectivity index is 1.93. The summed E-state index contributed by atoms with van der Waals surface area (Å²) in [6.07, 6.45) is 0. The van der Waals surface area contributed by atoms with E-state index in [9.17, 15) is 9.90 Å². The quantitative estimate of drug-likeness (QED) is 0.378. The highest BCUT2D eigenvalue weighted by atomic mass is 32.1. The topological polar surface area (TPSA) is 85.6 Å². The van der Waals surface area contributed by atoms with E-state index in [-0.39, 0.29) is 5.56 Å². The van der Waals surface area contributed by atoms with Crippen molar-refractivity contribution < 1.29 is 19.4 Å². The summed E-state index contributed by atoms with van der Waals surface area (Å²) >= 11 is 1.49. The average molecular weight is 450 g/mol. The Kier molecular flexibility index (Phi) is 5.87. The lowest BCUT2D eigenvalue weighted by atomic mass is 10.1. The van der Waals surface area contributed by atoms with Crippen LogP contribution in [0.3, 0.4) is 0 Å². The normalized spacial score (nSPS) is 10.8. The Labute approximate surface area is 189 Å². The van der Waals surface area contributed by atoms with Crippen LogP contribution in [0.4, 0.5) is 11.5 Å². The van der Waals surface area contributed by atoms with Crippen molar-refractivity contribution in [3.05, 3.63) is 70.7 Å². The molecule has 0 bridgehead atoms. The fourth-order valence-corrected chi connectivity index (χ4v) is 4.30. The lowest BCUT2D eigenvalue weighted by Crippen LogP contribution is -2.08. The van der Waals surface area contributed by atoms with Crippen molar-refractivity contribution in [3.8, 4) is 27.6 Å². The van der Waals surface area contributed by atoms with E-state index in [2.05, 4.69) is 5.32 Å². The first kappa shape index (κ1) is 21.5. The molecule has 0 atom stereocenters. The highest BCUT2D eigenvalue weighted by molar-refractivity contribution is 7.12. The van der Waals surface area contributed by atoms with Crippen LogP contribution >= 0.6 is 11.3 Å². The van der Waals surface area contributed by atoms with Crippen LogP contribution in [-0.2, 0) is 0 Å². The first-order valence-electron chi connectivity index (χ1n) is 9.89. The minimum Gasteiger partial charge on any atom is -0.497 e. The van der Waals surface area contributed by atoms with E-state index in [1.807, 2.05) is 54.2 Å². The number of hydrogen-bond acceptors (Lipinski definition) is 6. The Morgan fingerprint density at radius 2 is 1.88 bits per heavy atom. The molecule has 4 aromatic rings. The Morgan fingerprint density at radius 1 is 1.09 bits per heavy atom.